The fourth-order valence-corrected chi connectivity index (χ4v) is 0. The van der Waals surface area contributed by atoms with Gasteiger partial charge in [-0.1, -0.05) is 0 Å². The van der Waals surface area contributed by atoms with Crippen molar-refractivity contribution in [1.82, 2.24) is 0 Å². The van der Waals surface area contributed by atoms with Crippen LogP contribution in [-0.2, 0) is 17.1 Å². The van der Waals surface area contributed by atoms with Gasteiger partial charge in [0.1, 0.15) is 0 Å². The van der Waals surface area contributed by atoms with Crippen LogP contribution in [0.25, 0.3) is 0 Å². The van der Waals surface area contributed by atoms with Gasteiger partial charge >= 0.3 is 9.05 Å². The van der Waals surface area contributed by atoms with Gasteiger partial charge in [-0.3, -0.25) is 0 Å². The van der Waals surface area contributed by atoms with Crippen LogP contribution in [-0.4, -0.2) is 33.7 Å². The summed E-state index contributed by atoms with van der Waals surface area (Å²) in [5.41, 5.74) is 0. The van der Waals surface area contributed by atoms with Gasteiger partial charge in [-0.05, 0) is 0 Å². The van der Waals surface area contributed by atoms with Crippen molar-refractivity contribution < 1.29 is 41.7 Å². The normalized spacial score (nSPS) is 8.57. The molecule has 48 valence electrons. The van der Waals surface area contributed by atoms with Crippen LogP contribution in [0.5, 0.6) is 0 Å². The van der Waals surface area contributed by atoms with Gasteiger partial charge in [-0.15, -0.1) is 0 Å². The fourth-order valence-electron chi connectivity index (χ4n) is 0. The van der Waals surface area contributed by atoms with Crippen molar-refractivity contribution in [3.8, 4) is 0 Å². The molecule has 5 nitrogen and oxygen atoms in total. The van der Waals surface area contributed by atoms with E-state index in [4.69, 9.17) is 19.2 Å². The Balaban J connectivity index is -0.0000000800. The van der Waals surface area contributed by atoms with E-state index in [-0.39, 0.29) is 22.5 Å². The zero-order valence-electron chi connectivity index (χ0n) is 3.14. The summed E-state index contributed by atoms with van der Waals surface area (Å²) in [6.45, 7) is 0. The molecule has 0 aromatic heterocycles. The van der Waals surface area contributed by atoms with Gasteiger partial charge in [0.15, 0.2) is 0 Å². The molecular formula is H6FeO5Si. The van der Waals surface area contributed by atoms with Gasteiger partial charge in [0.2, 0.25) is 0 Å². The maximum absolute atomic E-state index is 7.33. The molecule has 0 atom stereocenters. The van der Waals surface area contributed by atoms with Crippen molar-refractivity contribution in [2.45, 2.75) is 0 Å². The van der Waals surface area contributed by atoms with Crippen LogP contribution in [0.4, 0.5) is 0 Å². The van der Waals surface area contributed by atoms with Gasteiger partial charge in [0.05, 0.1) is 0 Å². The monoisotopic (exact) mass is 170 g/mol. The molecule has 0 saturated heterocycles. The summed E-state index contributed by atoms with van der Waals surface area (Å²) in [4.78, 5) is 29.3. The smallest absolute Gasteiger partial charge is 0.412 e. The molecule has 0 bridgehead atoms. The summed E-state index contributed by atoms with van der Waals surface area (Å²) < 4.78 is 0. The minimum Gasteiger partial charge on any atom is -0.412 e. The van der Waals surface area contributed by atoms with Crippen molar-refractivity contribution in [3.63, 3.8) is 0 Å². The average molecular weight is 170 g/mol. The van der Waals surface area contributed by atoms with Crippen molar-refractivity contribution >= 4 is 9.05 Å². The van der Waals surface area contributed by atoms with Crippen LogP contribution >= 0.6 is 0 Å². The van der Waals surface area contributed by atoms with E-state index in [0.29, 0.717) is 0 Å². The number of hydrogen-bond donors (Lipinski definition) is 4. The van der Waals surface area contributed by atoms with Crippen molar-refractivity contribution in [2.75, 3.05) is 0 Å². The standard InChI is InChI=1S/Fe.H4O4Si.H2O/c;1-5(2,3)4;/h;1-4H;1H2. The first-order chi connectivity index (χ1) is 2.00. The van der Waals surface area contributed by atoms with Crippen LogP contribution < -0.4 is 0 Å². The molecule has 0 aliphatic carbocycles. The van der Waals surface area contributed by atoms with Crippen LogP contribution in [0.3, 0.4) is 0 Å². The average Bonchev–Trinajstić information content (AvgIpc) is 0.722. The molecular weight excluding hydrogens is 164 g/mol. The minimum atomic E-state index is -4.61. The maximum Gasteiger partial charge on any atom is 0.668 e. The molecule has 0 saturated carbocycles. The Bertz CT molecular complexity index is 23.6. The Morgan fingerprint density at radius 3 is 0.857 bits per heavy atom. The summed E-state index contributed by atoms with van der Waals surface area (Å²) in [5, 5.41) is 0. The summed E-state index contributed by atoms with van der Waals surface area (Å²) >= 11 is 0. The molecule has 0 fully saturated rings. The van der Waals surface area contributed by atoms with E-state index in [2.05, 4.69) is 0 Å². The zero-order chi connectivity index (χ0) is 4.50. The van der Waals surface area contributed by atoms with Crippen molar-refractivity contribution in [2.24, 2.45) is 0 Å². The Kier molecular flexibility index (Phi) is 10.5. The van der Waals surface area contributed by atoms with Gasteiger partial charge in [-0.2, -0.15) is 0 Å². The van der Waals surface area contributed by atoms with Crippen LogP contribution in [0, 0.1) is 0 Å². The van der Waals surface area contributed by atoms with E-state index in [1.165, 1.54) is 0 Å². The minimum absolute atomic E-state index is 0. The number of rotatable bonds is 0. The fraction of sp³-hybridized carbons (Fsp3) is 0. The first kappa shape index (κ1) is 15.6. The van der Waals surface area contributed by atoms with E-state index in [0.717, 1.165) is 0 Å². The third-order valence-corrected chi connectivity index (χ3v) is 0. The second-order valence-corrected chi connectivity index (χ2v) is 1.80. The Hall–Kier alpha value is 0.536. The number of hydrogen-bond acceptors (Lipinski definition) is 4. The van der Waals surface area contributed by atoms with Gasteiger partial charge in [-0.25, -0.2) is 0 Å². The molecule has 0 aliphatic heterocycles. The van der Waals surface area contributed by atoms with Crippen LogP contribution in [0.2, 0.25) is 0 Å². The van der Waals surface area contributed by atoms with E-state index in [1.54, 1.807) is 0 Å². The Labute approximate surface area is 51.5 Å². The molecule has 0 rings (SSSR count). The molecule has 6 N–H and O–H groups in total. The largest absolute Gasteiger partial charge is 0.668 e. The summed E-state index contributed by atoms with van der Waals surface area (Å²) in [5.74, 6) is 0. The molecule has 7 heavy (non-hydrogen) atoms. The first-order valence-corrected chi connectivity index (χ1v) is 2.68. The molecule has 0 radical (unpaired) electrons. The molecule has 0 amide bonds. The van der Waals surface area contributed by atoms with Gasteiger partial charge in [0, 0.05) is 17.1 Å². The first-order valence-electron chi connectivity index (χ1n) is 0.894. The topological polar surface area (TPSA) is 112 Å². The van der Waals surface area contributed by atoms with Crippen molar-refractivity contribution in [1.29, 1.82) is 0 Å². The molecule has 0 aromatic rings. The van der Waals surface area contributed by atoms with E-state index in [1.807, 2.05) is 0 Å². The molecule has 7 heteroatoms. The van der Waals surface area contributed by atoms with Crippen molar-refractivity contribution in [3.05, 3.63) is 0 Å². The summed E-state index contributed by atoms with van der Waals surface area (Å²) in [7, 11) is -4.61. The molecule has 0 unspecified atom stereocenters. The maximum atomic E-state index is 7.33. The van der Waals surface area contributed by atoms with E-state index >= 15 is 0 Å². The Morgan fingerprint density at radius 1 is 0.857 bits per heavy atom. The van der Waals surface area contributed by atoms with Crippen LogP contribution in [0.1, 0.15) is 0 Å². The predicted molar refractivity (Wildman–Crippen MR) is 18.2 cm³/mol. The van der Waals surface area contributed by atoms with Gasteiger partial charge < -0.3 is 24.7 Å². The zero-order valence-corrected chi connectivity index (χ0v) is 5.25. The third-order valence-electron chi connectivity index (χ3n) is 0. The second kappa shape index (κ2) is 4.69. The Morgan fingerprint density at radius 2 is 0.857 bits per heavy atom. The third kappa shape index (κ3) is 468. The SMILES string of the molecule is O.O[Si](O)(O)O.[Fe]. The molecule has 0 aromatic carbocycles. The van der Waals surface area contributed by atoms with Gasteiger partial charge in [0.25, 0.3) is 0 Å². The summed E-state index contributed by atoms with van der Waals surface area (Å²) in [6, 6.07) is 0. The molecule has 0 spiro atoms. The predicted octanol–water partition coefficient (Wildman–Crippen LogP) is -3.44. The second-order valence-electron chi connectivity index (χ2n) is 0.600. The molecule has 0 aliphatic rings. The quantitative estimate of drug-likeness (QED) is 0.283. The summed E-state index contributed by atoms with van der Waals surface area (Å²) in [6.07, 6.45) is 0. The van der Waals surface area contributed by atoms with E-state index < -0.39 is 9.05 Å². The molecule has 0 heterocycles. The van der Waals surface area contributed by atoms with E-state index in [9.17, 15) is 0 Å². The van der Waals surface area contributed by atoms with Crippen LogP contribution in [0.15, 0.2) is 0 Å².